The minimum Gasteiger partial charge on any atom is -0.471 e. The first-order valence-corrected chi connectivity index (χ1v) is 8.12. The van der Waals surface area contributed by atoms with Gasteiger partial charge in [-0.2, -0.15) is 5.10 Å². The summed E-state index contributed by atoms with van der Waals surface area (Å²) in [4.78, 5) is 11.9. The minimum absolute atomic E-state index is 0.182. The number of halogens is 2. The normalized spacial score (nSPS) is 10.8. The highest BCUT2D eigenvalue weighted by Crippen LogP contribution is 2.17. The van der Waals surface area contributed by atoms with E-state index in [1.807, 2.05) is 0 Å². The van der Waals surface area contributed by atoms with Crippen molar-refractivity contribution < 1.29 is 13.9 Å². The van der Waals surface area contributed by atoms with E-state index < -0.39 is 0 Å². The summed E-state index contributed by atoms with van der Waals surface area (Å²) in [6, 6.07) is 12.9. The molecule has 0 fully saturated rings. The van der Waals surface area contributed by atoms with Crippen molar-refractivity contribution in [1.29, 1.82) is 0 Å². The molecule has 3 aromatic rings. The zero-order chi connectivity index (χ0) is 18.4. The molecule has 0 spiro atoms. The van der Waals surface area contributed by atoms with Crippen LogP contribution in [-0.2, 0) is 11.5 Å². The van der Waals surface area contributed by atoms with Crippen LogP contribution in [0.15, 0.2) is 67.0 Å². The number of carbonyl (C=O) groups is 1. The van der Waals surface area contributed by atoms with Crippen LogP contribution >= 0.6 is 11.6 Å². The van der Waals surface area contributed by atoms with Crippen LogP contribution < -0.4 is 10.1 Å². The van der Waals surface area contributed by atoms with Crippen molar-refractivity contribution >= 4 is 29.3 Å². The summed E-state index contributed by atoms with van der Waals surface area (Å²) in [6.45, 7) is 0.182. The molecule has 0 bridgehead atoms. The van der Waals surface area contributed by atoms with Crippen LogP contribution in [0, 0.1) is 5.82 Å². The molecule has 1 aromatic heterocycles. The number of benzene rings is 2. The lowest BCUT2D eigenvalue weighted by Crippen LogP contribution is -2.08. The Kier molecular flexibility index (Phi) is 5.66. The number of ether oxygens (including phenoxy) is 1. The van der Waals surface area contributed by atoms with Gasteiger partial charge in [-0.3, -0.25) is 4.79 Å². The fraction of sp³-hybridized carbons (Fsp3) is 0.0526. The van der Waals surface area contributed by atoms with E-state index in [2.05, 4.69) is 10.4 Å². The average molecular weight is 372 g/mol. The van der Waals surface area contributed by atoms with Gasteiger partial charge in [0.2, 0.25) is 5.91 Å². The lowest BCUT2D eigenvalue weighted by Gasteiger charge is -2.06. The van der Waals surface area contributed by atoms with Crippen LogP contribution in [0.25, 0.3) is 6.08 Å². The van der Waals surface area contributed by atoms with E-state index >= 15 is 0 Å². The smallest absolute Gasteiger partial charge is 0.248 e. The van der Waals surface area contributed by atoms with Crippen LogP contribution in [0.2, 0.25) is 5.02 Å². The van der Waals surface area contributed by atoms with Gasteiger partial charge in [-0.25, -0.2) is 9.07 Å². The standard InChI is InChI=1S/C19H15ClFN3O2/c20-15-2-1-3-18(10-15)26-13-24-12-17(11-22-24)23-19(25)9-6-14-4-7-16(21)8-5-14/h1-12H,13H2,(H,23,25)/b9-6+. The second-order valence-electron chi connectivity index (χ2n) is 5.37. The fourth-order valence-electron chi connectivity index (χ4n) is 2.13. The summed E-state index contributed by atoms with van der Waals surface area (Å²) in [5.74, 6) is -0.00976. The zero-order valence-electron chi connectivity index (χ0n) is 13.6. The highest BCUT2D eigenvalue weighted by molar-refractivity contribution is 6.30. The molecule has 0 aliphatic rings. The molecular weight excluding hydrogens is 357 g/mol. The van der Waals surface area contributed by atoms with Crippen LogP contribution in [-0.4, -0.2) is 15.7 Å². The fourth-order valence-corrected chi connectivity index (χ4v) is 2.31. The van der Waals surface area contributed by atoms with Crippen LogP contribution in [0.4, 0.5) is 10.1 Å². The number of aromatic nitrogens is 2. The van der Waals surface area contributed by atoms with E-state index in [1.165, 1.54) is 24.4 Å². The number of carbonyl (C=O) groups excluding carboxylic acids is 1. The molecule has 0 atom stereocenters. The van der Waals surface area contributed by atoms with Crippen molar-refractivity contribution in [1.82, 2.24) is 9.78 Å². The first kappa shape index (κ1) is 17.7. The maximum Gasteiger partial charge on any atom is 0.248 e. The van der Waals surface area contributed by atoms with Crippen LogP contribution in [0.1, 0.15) is 5.56 Å². The number of hydrogen-bond donors (Lipinski definition) is 1. The Labute approximate surface area is 154 Å². The topological polar surface area (TPSA) is 56.2 Å². The van der Waals surface area contributed by atoms with E-state index in [1.54, 1.807) is 53.4 Å². The molecule has 0 unspecified atom stereocenters. The van der Waals surface area contributed by atoms with Gasteiger partial charge in [0.1, 0.15) is 11.6 Å². The van der Waals surface area contributed by atoms with E-state index in [-0.39, 0.29) is 18.5 Å². The van der Waals surface area contributed by atoms with Crippen molar-refractivity contribution in [2.75, 3.05) is 5.32 Å². The molecule has 0 radical (unpaired) electrons. The first-order chi connectivity index (χ1) is 12.6. The molecule has 3 rings (SSSR count). The van der Waals surface area contributed by atoms with Crippen molar-refractivity contribution in [2.24, 2.45) is 0 Å². The highest BCUT2D eigenvalue weighted by atomic mass is 35.5. The molecule has 1 amide bonds. The third-order valence-corrected chi connectivity index (χ3v) is 3.59. The number of hydrogen-bond acceptors (Lipinski definition) is 3. The van der Waals surface area contributed by atoms with Gasteiger partial charge in [0.25, 0.3) is 0 Å². The summed E-state index contributed by atoms with van der Waals surface area (Å²) in [5, 5.41) is 7.39. The largest absolute Gasteiger partial charge is 0.471 e. The number of rotatable bonds is 6. The van der Waals surface area contributed by atoms with E-state index in [9.17, 15) is 9.18 Å². The molecule has 5 nitrogen and oxygen atoms in total. The second-order valence-corrected chi connectivity index (χ2v) is 5.81. The number of nitrogens with zero attached hydrogens (tertiary/aromatic N) is 2. The van der Waals surface area contributed by atoms with Crippen molar-refractivity contribution in [3.8, 4) is 5.75 Å². The van der Waals surface area contributed by atoms with Gasteiger partial charge in [-0.15, -0.1) is 0 Å². The van der Waals surface area contributed by atoms with Gasteiger partial charge in [-0.05, 0) is 42.0 Å². The molecule has 26 heavy (non-hydrogen) atoms. The molecule has 0 aliphatic heterocycles. The first-order valence-electron chi connectivity index (χ1n) is 7.74. The third-order valence-electron chi connectivity index (χ3n) is 3.36. The van der Waals surface area contributed by atoms with E-state index in [4.69, 9.17) is 16.3 Å². The zero-order valence-corrected chi connectivity index (χ0v) is 14.4. The predicted octanol–water partition coefficient (Wildman–Crippen LogP) is 4.36. The van der Waals surface area contributed by atoms with Gasteiger partial charge < -0.3 is 10.1 Å². The molecule has 0 saturated carbocycles. The summed E-state index contributed by atoms with van der Waals surface area (Å²) < 4.78 is 19.9. The van der Waals surface area contributed by atoms with Gasteiger partial charge in [0.05, 0.1) is 18.1 Å². The van der Waals surface area contributed by atoms with Gasteiger partial charge in [0.15, 0.2) is 6.73 Å². The maximum atomic E-state index is 12.8. The predicted molar refractivity (Wildman–Crippen MR) is 98.4 cm³/mol. The van der Waals surface area contributed by atoms with E-state index in [0.717, 1.165) is 5.56 Å². The Balaban J connectivity index is 1.52. The van der Waals surface area contributed by atoms with Gasteiger partial charge in [0, 0.05) is 11.1 Å². The van der Waals surface area contributed by atoms with Crippen LogP contribution in [0.3, 0.4) is 0 Å². The molecular formula is C19H15ClFN3O2. The van der Waals surface area contributed by atoms with Gasteiger partial charge in [-0.1, -0.05) is 29.8 Å². The van der Waals surface area contributed by atoms with Crippen molar-refractivity contribution in [3.05, 3.63) is 83.4 Å². The number of nitrogens with one attached hydrogen (secondary N) is 1. The molecule has 0 aliphatic carbocycles. The summed E-state index contributed by atoms with van der Waals surface area (Å²) in [6.07, 6.45) is 6.13. The summed E-state index contributed by atoms with van der Waals surface area (Å²) in [7, 11) is 0. The second kappa shape index (κ2) is 8.31. The average Bonchev–Trinajstić information content (AvgIpc) is 3.07. The number of amides is 1. The maximum absolute atomic E-state index is 12.8. The lowest BCUT2D eigenvalue weighted by molar-refractivity contribution is -0.111. The van der Waals surface area contributed by atoms with Crippen molar-refractivity contribution in [3.63, 3.8) is 0 Å². The number of anilines is 1. The Morgan fingerprint density at radius 2 is 2.08 bits per heavy atom. The Morgan fingerprint density at radius 3 is 2.85 bits per heavy atom. The Bertz CT molecular complexity index is 923. The summed E-state index contributed by atoms with van der Waals surface area (Å²) >= 11 is 5.89. The Morgan fingerprint density at radius 1 is 1.27 bits per heavy atom. The highest BCUT2D eigenvalue weighted by Gasteiger charge is 2.03. The Hall–Kier alpha value is -3.12. The third kappa shape index (κ3) is 5.19. The van der Waals surface area contributed by atoms with Crippen molar-refractivity contribution in [2.45, 2.75) is 6.73 Å². The quantitative estimate of drug-likeness (QED) is 0.655. The molecule has 132 valence electrons. The van der Waals surface area contributed by atoms with Gasteiger partial charge >= 0.3 is 0 Å². The monoisotopic (exact) mass is 371 g/mol. The molecule has 7 heteroatoms. The molecule has 0 saturated heterocycles. The minimum atomic E-state index is -0.320. The SMILES string of the molecule is O=C(/C=C/c1ccc(F)cc1)Nc1cnn(COc2cccc(Cl)c2)c1. The lowest BCUT2D eigenvalue weighted by atomic mass is 10.2. The van der Waals surface area contributed by atoms with E-state index in [0.29, 0.717) is 16.5 Å². The molecule has 2 aromatic carbocycles. The van der Waals surface area contributed by atoms with Crippen LogP contribution in [0.5, 0.6) is 5.75 Å². The summed E-state index contributed by atoms with van der Waals surface area (Å²) in [5.41, 5.74) is 1.26. The molecule has 1 N–H and O–H groups in total. The molecule has 1 heterocycles.